The van der Waals surface area contributed by atoms with Crippen LogP contribution in [-0.4, -0.2) is 24.7 Å². The molecule has 0 aliphatic rings. The quantitative estimate of drug-likeness (QED) is 0.877. The SMILES string of the molecule is Cc1nn(C)c(C)c1CCNS(=O)(=O)Cc1ccc(Cl)cc1. The Morgan fingerprint density at radius 2 is 1.86 bits per heavy atom. The van der Waals surface area contributed by atoms with Crippen LogP contribution in [0, 0.1) is 13.8 Å². The number of rotatable bonds is 6. The molecule has 7 heteroatoms. The molecule has 0 bridgehead atoms. The van der Waals surface area contributed by atoms with E-state index in [0.717, 1.165) is 17.0 Å². The number of sulfonamides is 1. The number of aromatic nitrogens is 2. The first-order valence-electron chi connectivity index (χ1n) is 6.99. The second-order valence-electron chi connectivity index (χ2n) is 5.30. The second-order valence-corrected chi connectivity index (χ2v) is 7.55. The van der Waals surface area contributed by atoms with E-state index in [0.29, 0.717) is 23.6 Å². The standard InChI is InChI=1S/C15H20ClN3O2S/c1-11-15(12(2)19(3)18-11)8-9-17-22(20,21)10-13-4-6-14(16)7-5-13/h4-7,17H,8-10H2,1-3H3. The van der Waals surface area contributed by atoms with Crippen LogP contribution in [0.15, 0.2) is 24.3 Å². The molecule has 0 fully saturated rings. The summed E-state index contributed by atoms with van der Waals surface area (Å²) in [5.41, 5.74) is 3.81. The molecule has 0 aliphatic heterocycles. The zero-order valence-electron chi connectivity index (χ0n) is 12.9. The summed E-state index contributed by atoms with van der Waals surface area (Å²) in [4.78, 5) is 0. The molecule has 0 saturated carbocycles. The molecule has 0 atom stereocenters. The molecule has 22 heavy (non-hydrogen) atoms. The van der Waals surface area contributed by atoms with Gasteiger partial charge in [0.2, 0.25) is 10.0 Å². The lowest BCUT2D eigenvalue weighted by molar-refractivity contribution is 0.580. The molecule has 0 radical (unpaired) electrons. The average Bonchev–Trinajstić information content (AvgIpc) is 2.67. The summed E-state index contributed by atoms with van der Waals surface area (Å²) in [6, 6.07) is 6.82. The third-order valence-corrected chi connectivity index (χ3v) is 5.24. The second kappa shape index (κ2) is 6.81. The molecule has 0 saturated heterocycles. The van der Waals surface area contributed by atoms with Crippen molar-refractivity contribution >= 4 is 21.6 Å². The lowest BCUT2D eigenvalue weighted by Gasteiger charge is -2.07. The van der Waals surface area contributed by atoms with Crippen LogP contribution in [-0.2, 0) is 29.2 Å². The van der Waals surface area contributed by atoms with Crippen molar-refractivity contribution in [3.8, 4) is 0 Å². The minimum atomic E-state index is -3.36. The minimum Gasteiger partial charge on any atom is -0.272 e. The third kappa shape index (κ3) is 4.32. The van der Waals surface area contributed by atoms with Crippen LogP contribution >= 0.6 is 11.6 Å². The number of nitrogens with one attached hydrogen (secondary N) is 1. The lowest BCUT2D eigenvalue weighted by Crippen LogP contribution is -2.27. The van der Waals surface area contributed by atoms with Crippen LogP contribution in [0.5, 0.6) is 0 Å². The highest BCUT2D eigenvalue weighted by atomic mass is 35.5. The Morgan fingerprint density at radius 3 is 2.41 bits per heavy atom. The Bertz CT molecular complexity index is 752. The highest BCUT2D eigenvalue weighted by Crippen LogP contribution is 2.13. The minimum absolute atomic E-state index is 0.0465. The van der Waals surface area contributed by atoms with Gasteiger partial charge in [-0.25, -0.2) is 13.1 Å². The van der Waals surface area contributed by atoms with Crippen LogP contribution in [0.1, 0.15) is 22.5 Å². The molecule has 1 N–H and O–H groups in total. The molecule has 2 aromatic rings. The van der Waals surface area contributed by atoms with Gasteiger partial charge in [0.1, 0.15) is 0 Å². The Balaban J connectivity index is 1.94. The molecule has 120 valence electrons. The fourth-order valence-electron chi connectivity index (χ4n) is 2.36. The van der Waals surface area contributed by atoms with Crippen molar-refractivity contribution in [2.24, 2.45) is 7.05 Å². The summed E-state index contributed by atoms with van der Waals surface area (Å²) in [6.45, 7) is 4.28. The van der Waals surface area contributed by atoms with Crippen molar-refractivity contribution in [1.82, 2.24) is 14.5 Å². The number of hydrogen-bond donors (Lipinski definition) is 1. The summed E-state index contributed by atoms with van der Waals surface area (Å²) in [5, 5.41) is 4.92. The maximum atomic E-state index is 12.1. The number of aryl methyl sites for hydroxylation is 2. The first-order chi connectivity index (χ1) is 10.3. The predicted molar refractivity (Wildman–Crippen MR) is 88.5 cm³/mol. The van der Waals surface area contributed by atoms with Gasteiger partial charge >= 0.3 is 0 Å². The Kier molecular flexibility index (Phi) is 5.26. The van der Waals surface area contributed by atoms with Gasteiger partial charge < -0.3 is 0 Å². The van der Waals surface area contributed by atoms with E-state index in [1.54, 1.807) is 24.3 Å². The molecular weight excluding hydrogens is 322 g/mol. The van der Waals surface area contributed by atoms with Crippen LogP contribution in [0.2, 0.25) is 5.02 Å². The van der Waals surface area contributed by atoms with Crippen molar-refractivity contribution in [2.45, 2.75) is 26.0 Å². The van der Waals surface area contributed by atoms with Gasteiger partial charge in [-0.1, -0.05) is 23.7 Å². The van der Waals surface area contributed by atoms with Gasteiger partial charge in [-0.2, -0.15) is 5.10 Å². The summed E-state index contributed by atoms with van der Waals surface area (Å²) in [5.74, 6) is -0.0465. The number of nitrogens with zero attached hydrogens (tertiary/aromatic N) is 2. The lowest BCUT2D eigenvalue weighted by atomic mass is 10.1. The van der Waals surface area contributed by atoms with E-state index < -0.39 is 10.0 Å². The Hall–Kier alpha value is -1.37. The van der Waals surface area contributed by atoms with E-state index in [1.807, 2.05) is 25.6 Å². The fourth-order valence-corrected chi connectivity index (χ4v) is 3.63. The predicted octanol–water partition coefficient (Wildman–Crippen LogP) is 2.35. The van der Waals surface area contributed by atoms with Gasteiger partial charge in [0.25, 0.3) is 0 Å². The monoisotopic (exact) mass is 341 g/mol. The molecule has 1 aromatic heterocycles. The van der Waals surface area contributed by atoms with Crippen molar-refractivity contribution in [2.75, 3.05) is 6.54 Å². The summed E-state index contributed by atoms with van der Waals surface area (Å²) < 4.78 is 28.6. The van der Waals surface area contributed by atoms with Crippen LogP contribution in [0.4, 0.5) is 0 Å². The molecule has 0 spiro atoms. The zero-order valence-corrected chi connectivity index (χ0v) is 14.5. The molecule has 1 aromatic carbocycles. The molecule has 1 heterocycles. The Morgan fingerprint density at radius 1 is 1.23 bits per heavy atom. The zero-order chi connectivity index (χ0) is 16.3. The molecule has 5 nitrogen and oxygen atoms in total. The number of benzene rings is 1. The summed E-state index contributed by atoms with van der Waals surface area (Å²) in [7, 11) is -1.47. The van der Waals surface area contributed by atoms with Gasteiger partial charge in [-0.05, 0) is 43.5 Å². The van der Waals surface area contributed by atoms with E-state index in [2.05, 4.69) is 9.82 Å². The first-order valence-corrected chi connectivity index (χ1v) is 9.02. The van der Waals surface area contributed by atoms with Crippen molar-refractivity contribution < 1.29 is 8.42 Å². The number of halogens is 1. The van der Waals surface area contributed by atoms with Gasteiger partial charge in [0.05, 0.1) is 11.4 Å². The molecular formula is C15H20ClN3O2S. The highest BCUT2D eigenvalue weighted by Gasteiger charge is 2.13. The van der Waals surface area contributed by atoms with E-state index in [4.69, 9.17) is 11.6 Å². The fraction of sp³-hybridized carbons (Fsp3) is 0.400. The van der Waals surface area contributed by atoms with E-state index in [-0.39, 0.29) is 5.75 Å². The largest absolute Gasteiger partial charge is 0.272 e. The van der Waals surface area contributed by atoms with Crippen LogP contribution in [0.25, 0.3) is 0 Å². The normalized spacial score (nSPS) is 11.8. The van der Waals surface area contributed by atoms with Crippen molar-refractivity contribution in [3.63, 3.8) is 0 Å². The molecule has 0 unspecified atom stereocenters. The van der Waals surface area contributed by atoms with Crippen LogP contribution < -0.4 is 4.72 Å². The first kappa shape index (κ1) is 17.0. The molecule has 2 rings (SSSR count). The topological polar surface area (TPSA) is 64.0 Å². The maximum Gasteiger partial charge on any atom is 0.215 e. The van der Waals surface area contributed by atoms with Gasteiger partial charge in [0.15, 0.2) is 0 Å². The molecule has 0 aliphatic carbocycles. The highest BCUT2D eigenvalue weighted by molar-refractivity contribution is 7.88. The van der Waals surface area contributed by atoms with E-state index >= 15 is 0 Å². The van der Waals surface area contributed by atoms with Crippen molar-refractivity contribution in [1.29, 1.82) is 0 Å². The van der Waals surface area contributed by atoms with E-state index in [1.165, 1.54) is 0 Å². The molecule has 0 amide bonds. The summed E-state index contributed by atoms with van der Waals surface area (Å²) in [6.07, 6.45) is 0.630. The van der Waals surface area contributed by atoms with Gasteiger partial charge in [0, 0.05) is 24.3 Å². The van der Waals surface area contributed by atoms with E-state index in [9.17, 15) is 8.42 Å². The summed E-state index contributed by atoms with van der Waals surface area (Å²) >= 11 is 5.79. The van der Waals surface area contributed by atoms with Crippen LogP contribution in [0.3, 0.4) is 0 Å². The maximum absolute atomic E-state index is 12.1. The third-order valence-electron chi connectivity index (χ3n) is 3.63. The smallest absolute Gasteiger partial charge is 0.215 e. The average molecular weight is 342 g/mol. The van der Waals surface area contributed by atoms with Crippen molar-refractivity contribution in [3.05, 3.63) is 51.8 Å². The van der Waals surface area contributed by atoms with Gasteiger partial charge in [-0.3, -0.25) is 4.68 Å². The van der Waals surface area contributed by atoms with Gasteiger partial charge in [-0.15, -0.1) is 0 Å². The number of hydrogen-bond acceptors (Lipinski definition) is 3. The Labute approximate surface area is 136 Å².